The van der Waals surface area contributed by atoms with Crippen molar-refractivity contribution in [3.63, 3.8) is 0 Å². The van der Waals surface area contributed by atoms with Gasteiger partial charge < -0.3 is 20.2 Å². The van der Waals surface area contributed by atoms with E-state index < -0.39 is 24.3 Å². The summed E-state index contributed by atoms with van der Waals surface area (Å²) in [4.78, 5) is 32.1. The third-order valence-corrected chi connectivity index (χ3v) is 2.02. The lowest BCUT2D eigenvalue weighted by Gasteiger charge is -2.11. The van der Waals surface area contributed by atoms with Crippen LogP contribution >= 0.6 is 0 Å². The maximum atomic E-state index is 11.4. The number of aliphatic carboxylic acids is 1. The molecule has 1 unspecified atom stereocenters. The normalized spacial score (nSPS) is 11.6. The van der Waals surface area contributed by atoms with Gasteiger partial charge in [0.05, 0.1) is 6.42 Å². The monoisotopic (exact) mass is 256 g/mol. The molecule has 1 rings (SSSR count). The minimum absolute atomic E-state index is 0.00890. The molecule has 9 nitrogen and oxygen atoms in total. The van der Waals surface area contributed by atoms with Crippen LogP contribution in [0.1, 0.15) is 11.8 Å². The molecule has 0 saturated carbocycles. The third-order valence-electron chi connectivity index (χ3n) is 2.02. The second-order valence-corrected chi connectivity index (χ2v) is 3.32. The summed E-state index contributed by atoms with van der Waals surface area (Å²) in [5.74, 6) is -1.49. The van der Waals surface area contributed by atoms with Crippen LogP contribution in [0.15, 0.2) is 4.42 Å². The molecule has 0 aliphatic carbocycles. The zero-order valence-corrected chi connectivity index (χ0v) is 9.54. The molecule has 18 heavy (non-hydrogen) atoms. The van der Waals surface area contributed by atoms with Crippen LogP contribution in [-0.4, -0.2) is 46.7 Å². The summed E-state index contributed by atoms with van der Waals surface area (Å²) >= 11 is 0. The molecule has 9 heteroatoms. The van der Waals surface area contributed by atoms with Crippen molar-refractivity contribution >= 4 is 18.3 Å². The molecule has 0 saturated heterocycles. The van der Waals surface area contributed by atoms with Gasteiger partial charge in [-0.3, -0.25) is 14.4 Å². The molecular weight excluding hydrogens is 244 g/mol. The Morgan fingerprint density at radius 2 is 2.11 bits per heavy atom. The third kappa shape index (κ3) is 3.85. The highest BCUT2D eigenvalue weighted by atomic mass is 16.4. The lowest BCUT2D eigenvalue weighted by molar-refractivity contribution is -0.136. The van der Waals surface area contributed by atoms with E-state index in [2.05, 4.69) is 20.8 Å². The van der Waals surface area contributed by atoms with Crippen molar-refractivity contribution in [1.82, 2.24) is 20.8 Å². The van der Waals surface area contributed by atoms with Crippen molar-refractivity contribution < 1.29 is 23.9 Å². The van der Waals surface area contributed by atoms with E-state index in [-0.39, 0.29) is 18.2 Å². The number of amides is 2. The molecule has 98 valence electrons. The fraction of sp³-hybridized carbons (Fsp3) is 0.444. The van der Waals surface area contributed by atoms with E-state index in [1.807, 2.05) is 0 Å². The Morgan fingerprint density at radius 1 is 1.44 bits per heavy atom. The van der Waals surface area contributed by atoms with Crippen LogP contribution in [0.2, 0.25) is 0 Å². The summed E-state index contributed by atoms with van der Waals surface area (Å²) < 4.78 is 5.03. The molecular formula is C9H12N4O5. The summed E-state index contributed by atoms with van der Waals surface area (Å²) in [6, 6.07) is -0.842. The molecule has 0 fully saturated rings. The number of aromatic nitrogens is 2. The highest BCUT2D eigenvalue weighted by Crippen LogP contribution is 2.04. The Kier molecular flexibility index (Phi) is 4.78. The predicted molar refractivity (Wildman–Crippen MR) is 56.4 cm³/mol. The first-order valence-electron chi connectivity index (χ1n) is 5.01. The Labute approximate surface area is 102 Å². The second kappa shape index (κ2) is 6.33. The van der Waals surface area contributed by atoms with Crippen molar-refractivity contribution in [1.29, 1.82) is 0 Å². The van der Waals surface area contributed by atoms with Crippen LogP contribution in [0.4, 0.5) is 0 Å². The first-order chi connectivity index (χ1) is 8.56. The fourth-order valence-corrected chi connectivity index (χ4v) is 1.23. The standard InChI is InChI=1S/C9H12N4O5/c1-10-9(17)5(11-4-14)2-6-12-13-7(18-6)3-8(15)16/h4-5H,2-3H2,1H3,(H,10,17)(H,11,14)(H,15,16). The number of hydrogen-bond donors (Lipinski definition) is 3. The first-order valence-corrected chi connectivity index (χ1v) is 5.01. The van der Waals surface area contributed by atoms with E-state index in [9.17, 15) is 14.4 Å². The van der Waals surface area contributed by atoms with Crippen LogP contribution in [0.25, 0.3) is 0 Å². The van der Waals surface area contributed by atoms with E-state index >= 15 is 0 Å². The number of carbonyl (C=O) groups excluding carboxylic acids is 2. The van der Waals surface area contributed by atoms with Crippen molar-refractivity contribution in [2.75, 3.05) is 7.05 Å². The topological polar surface area (TPSA) is 134 Å². The summed E-state index contributed by atoms with van der Waals surface area (Å²) in [6.45, 7) is 0. The van der Waals surface area contributed by atoms with Crippen molar-refractivity contribution in [2.45, 2.75) is 18.9 Å². The number of likely N-dealkylation sites (N-methyl/N-ethyl adjacent to an activating group) is 1. The average molecular weight is 256 g/mol. The van der Waals surface area contributed by atoms with Gasteiger partial charge in [-0.05, 0) is 0 Å². The van der Waals surface area contributed by atoms with Gasteiger partial charge in [0.25, 0.3) is 0 Å². The number of carbonyl (C=O) groups is 3. The van der Waals surface area contributed by atoms with Gasteiger partial charge in [0, 0.05) is 7.05 Å². The van der Waals surface area contributed by atoms with Crippen LogP contribution in [-0.2, 0) is 27.2 Å². The maximum absolute atomic E-state index is 11.4. The second-order valence-electron chi connectivity index (χ2n) is 3.32. The molecule has 1 atom stereocenters. The van der Waals surface area contributed by atoms with E-state index in [1.54, 1.807) is 0 Å². The van der Waals surface area contributed by atoms with E-state index in [1.165, 1.54) is 7.05 Å². The number of nitrogens with one attached hydrogen (secondary N) is 2. The number of rotatable bonds is 7. The molecule has 0 aromatic carbocycles. The van der Waals surface area contributed by atoms with Crippen molar-refractivity contribution in [2.24, 2.45) is 0 Å². The van der Waals surface area contributed by atoms with Gasteiger partial charge in [0.2, 0.25) is 24.1 Å². The van der Waals surface area contributed by atoms with Gasteiger partial charge >= 0.3 is 5.97 Å². The highest BCUT2D eigenvalue weighted by Gasteiger charge is 2.20. The Balaban J connectivity index is 2.68. The number of carboxylic acid groups (broad SMARTS) is 1. The molecule has 1 aromatic rings. The van der Waals surface area contributed by atoms with Gasteiger partial charge in [0.1, 0.15) is 12.5 Å². The predicted octanol–water partition coefficient (Wildman–Crippen LogP) is -1.90. The summed E-state index contributed by atoms with van der Waals surface area (Å²) in [5, 5.41) is 20.3. The maximum Gasteiger partial charge on any atom is 0.312 e. The van der Waals surface area contributed by atoms with Gasteiger partial charge in [0.15, 0.2) is 0 Å². The molecule has 2 amide bonds. The minimum atomic E-state index is -1.10. The lowest BCUT2D eigenvalue weighted by Crippen LogP contribution is -2.43. The highest BCUT2D eigenvalue weighted by molar-refractivity contribution is 5.83. The molecule has 0 spiro atoms. The minimum Gasteiger partial charge on any atom is -0.481 e. The zero-order chi connectivity index (χ0) is 13.5. The smallest absolute Gasteiger partial charge is 0.312 e. The van der Waals surface area contributed by atoms with Crippen molar-refractivity contribution in [3.8, 4) is 0 Å². The van der Waals surface area contributed by atoms with Crippen LogP contribution < -0.4 is 10.6 Å². The Bertz CT molecular complexity index is 444. The average Bonchev–Trinajstić information content (AvgIpc) is 2.74. The van der Waals surface area contributed by atoms with Crippen LogP contribution in [0.3, 0.4) is 0 Å². The van der Waals surface area contributed by atoms with E-state index in [0.717, 1.165) is 0 Å². The molecule has 1 heterocycles. The van der Waals surface area contributed by atoms with Crippen LogP contribution in [0.5, 0.6) is 0 Å². The molecule has 0 aliphatic rings. The van der Waals surface area contributed by atoms with E-state index in [4.69, 9.17) is 9.52 Å². The summed E-state index contributed by atoms with van der Waals surface area (Å²) in [7, 11) is 1.42. The lowest BCUT2D eigenvalue weighted by atomic mass is 10.2. The van der Waals surface area contributed by atoms with Crippen LogP contribution in [0, 0.1) is 0 Å². The van der Waals surface area contributed by atoms with Crippen molar-refractivity contribution in [3.05, 3.63) is 11.8 Å². The SMILES string of the molecule is CNC(=O)C(Cc1nnc(CC(=O)O)o1)NC=O. The zero-order valence-electron chi connectivity index (χ0n) is 9.54. The Morgan fingerprint density at radius 3 is 2.67 bits per heavy atom. The quantitative estimate of drug-likeness (QED) is 0.485. The number of hydrogen-bond acceptors (Lipinski definition) is 6. The Hall–Kier alpha value is -2.45. The van der Waals surface area contributed by atoms with Gasteiger partial charge in [-0.25, -0.2) is 0 Å². The molecule has 0 radical (unpaired) electrons. The summed E-state index contributed by atoms with van der Waals surface area (Å²) in [6.07, 6.45) is -0.0157. The largest absolute Gasteiger partial charge is 0.481 e. The number of nitrogens with zero attached hydrogens (tertiary/aromatic N) is 2. The summed E-state index contributed by atoms with van der Waals surface area (Å²) in [5.41, 5.74) is 0. The molecule has 1 aromatic heterocycles. The van der Waals surface area contributed by atoms with E-state index in [0.29, 0.717) is 6.41 Å². The fourth-order valence-electron chi connectivity index (χ4n) is 1.23. The van der Waals surface area contributed by atoms with Gasteiger partial charge in [-0.1, -0.05) is 0 Å². The first kappa shape index (κ1) is 13.6. The molecule has 0 aliphatic heterocycles. The molecule has 0 bridgehead atoms. The van der Waals surface area contributed by atoms with Gasteiger partial charge in [-0.2, -0.15) is 0 Å². The van der Waals surface area contributed by atoms with Gasteiger partial charge in [-0.15, -0.1) is 10.2 Å². The molecule has 3 N–H and O–H groups in total. The number of carboxylic acids is 1.